The number of amides is 1. The number of carbonyl (C=O) groups excluding carboxylic acids is 1. The number of nitrogens with one attached hydrogen (secondary N) is 1. The first-order chi connectivity index (χ1) is 8.56. The monoisotopic (exact) mass is 259 g/mol. The van der Waals surface area contributed by atoms with E-state index < -0.39 is 0 Å². The molecule has 3 heteroatoms. The van der Waals surface area contributed by atoms with E-state index >= 15 is 0 Å². The van der Waals surface area contributed by atoms with Crippen molar-refractivity contribution >= 4 is 17.2 Å². The molecule has 0 fully saturated rings. The zero-order valence-corrected chi connectivity index (χ0v) is 11.7. The molecule has 0 unspecified atom stereocenters. The van der Waals surface area contributed by atoms with E-state index in [1.54, 1.807) is 11.3 Å². The number of hydrogen-bond donors (Lipinski definition) is 1. The fourth-order valence-electron chi connectivity index (χ4n) is 1.78. The van der Waals surface area contributed by atoms with Crippen LogP contribution in [0.2, 0.25) is 0 Å². The molecule has 2 rings (SSSR count). The first-order valence-electron chi connectivity index (χ1n) is 5.97. The van der Waals surface area contributed by atoms with Crippen LogP contribution in [0.4, 0.5) is 0 Å². The third-order valence-corrected chi connectivity index (χ3v) is 4.08. The van der Waals surface area contributed by atoms with Gasteiger partial charge in [-0.15, -0.1) is 11.3 Å². The highest BCUT2D eigenvalue weighted by atomic mass is 32.1. The van der Waals surface area contributed by atoms with Crippen molar-refractivity contribution in [2.24, 2.45) is 0 Å². The normalized spacial score (nSPS) is 10.4. The van der Waals surface area contributed by atoms with E-state index in [9.17, 15) is 4.79 Å². The molecule has 0 bridgehead atoms. The maximum atomic E-state index is 12.0. The summed E-state index contributed by atoms with van der Waals surface area (Å²) in [7, 11) is 0. The minimum Gasteiger partial charge on any atom is -0.347 e. The van der Waals surface area contributed by atoms with Gasteiger partial charge in [0.05, 0.1) is 4.88 Å². The highest BCUT2D eigenvalue weighted by Gasteiger charge is 2.09. The molecule has 1 aromatic heterocycles. The average molecular weight is 259 g/mol. The van der Waals surface area contributed by atoms with E-state index in [1.807, 2.05) is 32.0 Å². The Morgan fingerprint density at radius 2 is 2.00 bits per heavy atom. The Balaban J connectivity index is 2.00. The first-order valence-corrected chi connectivity index (χ1v) is 6.78. The smallest absolute Gasteiger partial charge is 0.261 e. The van der Waals surface area contributed by atoms with Gasteiger partial charge < -0.3 is 5.32 Å². The van der Waals surface area contributed by atoms with Gasteiger partial charge in [0.25, 0.3) is 5.91 Å². The van der Waals surface area contributed by atoms with E-state index in [-0.39, 0.29) is 5.91 Å². The van der Waals surface area contributed by atoms with Crippen LogP contribution in [0.15, 0.2) is 30.3 Å². The molecule has 0 aliphatic heterocycles. The van der Waals surface area contributed by atoms with Crippen LogP contribution in [0.5, 0.6) is 0 Å². The Morgan fingerprint density at radius 1 is 1.22 bits per heavy atom. The molecule has 1 N–H and O–H groups in total. The molecule has 2 aromatic rings. The summed E-state index contributed by atoms with van der Waals surface area (Å²) < 4.78 is 0. The van der Waals surface area contributed by atoms with E-state index in [0.29, 0.717) is 6.54 Å². The van der Waals surface area contributed by atoms with Crippen molar-refractivity contribution in [3.05, 3.63) is 56.8 Å². The highest BCUT2D eigenvalue weighted by molar-refractivity contribution is 7.14. The molecule has 1 amide bonds. The summed E-state index contributed by atoms with van der Waals surface area (Å²) in [6.07, 6.45) is 0. The summed E-state index contributed by atoms with van der Waals surface area (Å²) in [5, 5.41) is 2.95. The van der Waals surface area contributed by atoms with Crippen LogP contribution in [0.1, 0.15) is 31.2 Å². The third kappa shape index (κ3) is 2.99. The standard InChI is InChI=1S/C15H17NOS/c1-10-5-4-6-13(7-10)9-16-15(17)14-8-11(2)12(3)18-14/h4-8H,9H2,1-3H3,(H,16,17). The van der Waals surface area contributed by atoms with E-state index in [2.05, 4.69) is 24.4 Å². The predicted molar refractivity (Wildman–Crippen MR) is 76.1 cm³/mol. The molecule has 18 heavy (non-hydrogen) atoms. The van der Waals surface area contributed by atoms with Crippen LogP contribution in [0.3, 0.4) is 0 Å². The highest BCUT2D eigenvalue weighted by Crippen LogP contribution is 2.20. The third-order valence-electron chi connectivity index (χ3n) is 2.93. The van der Waals surface area contributed by atoms with Gasteiger partial charge >= 0.3 is 0 Å². The summed E-state index contributed by atoms with van der Waals surface area (Å²) in [6, 6.07) is 10.1. The molecule has 0 radical (unpaired) electrons. The number of benzene rings is 1. The number of thiophene rings is 1. The van der Waals surface area contributed by atoms with Crippen LogP contribution in [-0.4, -0.2) is 5.91 Å². The Hall–Kier alpha value is -1.61. The second kappa shape index (κ2) is 5.36. The summed E-state index contributed by atoms with van der Waals surface area (Å²) in [5.74, 6) is 0.0118. The SMILES string of the molecule is Cc1cccc(CNC(=O)c2cc(C)c(C)s2)c1. The Morgan fingerprint density at radius 3 is 2.61 bits per heavy atom. The lowest BCUT2D eigenvalue weighted by Crippen LogP contribution is -2.21. The van der Waals surface area contributed by atoms with Gasteiger partial charge in [-0.3, -0.25) is 4.79 Å². The lowest BCUT2D eigenvalue weighted by atomic mass is 10.1. The van der Waals surface area contributed by atoms with Crippen LogP contribution in [0.25, 0.3) is 0 Å². The van der Waals surface area contributed by atoms with Gasteiger partial charge in [-0.2, -0.15) is 0 Å². The van der Waals surface area contributed by atoms with Gasteiger partial charge in [-0.1, -0.05) is 29.8 Å². The van der Waals surface area contributed by atoms with Crippen molar-refractivity contribution in [2.45, 2.75) is 27.3 Å². The molecule has 0 saturated carbocycles. The van der Waals surface area contributed by atoms with E-state index in [4.69, 9.17) is 0 Å². The molecule has 0 atom stereocenters. The van der Waals surface area contributed by atoms with Crippen molar-refractivity contribution < 1.29 is 4.79 Å². The molecule has 2 nitrogen and oxygen atoms in total. The number of rotatable bonds is 3. The maximum Gasteiger partial charge on any atom is 0.261 e. The topological polar surface area (TPSA) is 29.1 Å². The average Bonchev–Trinajstić information content (AvgIpc) is 2.67. The van der Waals surface area contributed by atoms with Crippen LogP contribution >= 0.6 is 11.3 Å². The Labute approximate surface area is 112 Å². The molecule has 1 heterocycles. The Bertz CT molecular complexity index is 552. The molecule has 0 spiro atoms. The quantitative estimate of drug-likeness (QED) is 0.896. The molecular formula is C15H17NOS. The van der Waals surface area contributed by atoms with Gasteiger partial charge in [0, 0.05) is 11.4 Å². The fraction of sp³-hybridized carbons (Fsp3) is 0.267. The first kappa shape index (κ1) is 12.8. The van der Waals surface area contributed by atoms with Crippen molar-refractivity contribution in [1.82, 2.24) is 5.32 Å². The van der Waals surface area contributed by atoms with Gasteiger partial charge in [0.1, 0.15) is 0 Å². The second-order valence-electron chi connectivity index (χ2n) is 4.52. The lowest BCUT2D eigenvalue weighted by molar-refractivity contribution is 0.0955. The molecular weight excluding hydrogens is 242 g/mol. The number of hydrogen-bond acceptors (Lipinski definition) is 2. The van der Waals surface area contributed by atoms with Crippen LogP contribution in [-0.2, 0) is 6.54 Å². The summed E-state index contributed by atoms with van der Waals surface area (Å²) in [6.45, 7) is 6.70. The summed E-state index contributed by atoms with van der Waals surface area (Å²) in [4.78, 5) is 14.0. The lowest BCUT2D eigenvalue weighted by Gasteiger charge is -2.04. The minimum atomic E-state index is 0.0118. The van der Waals surface area contributed by atoms with E-state index in [1.165, 1.54) is 16.0 Å². The van der Waals surface area contributed by atoms with Crippen LogP contribution < -0.4 is 5.32 Å². The fourth-order valence-corrected chi connectivity index (χ4v) is 2.73. The second-order valence-corrected chi connectivity index (χ2v) is 5.78. The van der Waals surface area contributed by atoms with E-state index in [0.717, 1.165) is 10.4 Å². The van der Waals surface area contributed by atoms with Gasteiger partial charge in [-0.05, 0) is 38.0 Å². The Kier molecular flexibility index (Phi) is 3.82. The zero-order valence-electron chi connectivity index (χ0n) is 10.9. The molecule has 0 saturated heterocycles. The predicted octanol–water partition coefficient (Wildman–Crippen LogP) is 3.60. The largest absolute Gasteiger partial charge is 0.347 e. The minimum absolute atomic E-state index is 0.0118. The van der Waals surface area contributed by atoms with Gasteiger partial charge in [-0.25, -0.2) is 0 Å². The zero-order chi connectivity index (χ0) is 13.1. The van der Waals surface area contributed by atoms with Crippen molar-refractivity contribution in [1.29, 1.82) is 0 Å². The molecule has 94 valence electrons. The maximum absolute atomic E-state index is 12.0. The summed E-state index contributed by atoms with van der Waals surface area (Å²) >= 11 is 1.55. The van der Waals surface area contributed by atoms with Crippen molar-refractivity contribution in [3.8, 4) is 0 Å². The molecule has 1 aromatic carbocycles. The number of aryl methyl sites for hydroxylation is 3. The summed E-state index contributed by atoms with van der Waals surface area (Å²) in [5.41, 5.74) is 3.53. The van der Waals surface area contributed by atoms with Crippen molar-refractivity contribution in [2.75, 3.05) is 0 Å². The van der Waals surface area contributed by atoms with Crippen LogP contribution in [0, 0.1) is 20.8 Å². The van der Waals surface area contributed by atoms with Gasteiger partial charge in [0.2, 0.25) is 0 Å². The molecule has 0 aliphatic rings. The van der Waals surface area contributed by atoms with Crippen molar-refractivity contribution in [3.63, 3.8) is 0 Å². The molecule has 0 aliphatic carbocycles. The number of carbonyl (C=O) groups is 1. The van der Waals surface area contributed by atoms with Gasteiger partial charge in [0.15, 0.2) is 0 Å².